The molecule has 2 heterocycles. The lowest BCUT2D eigenvalue weighted by Crippen LogP contribution is -2.05. The first-order valence-corrected chi connectivity index (χ1v) is 10.5. The van der Waals surface area contributed by atoms with Crippen LogP contribution in [0, 0.1) is 6.92 Å². The number of furan rings is 1. The summed E-state index contributed by atoms with van der Waals surface area (Å²) in [5, 5.41) is 0.671. The van der Waals surface area contributed by atoms with Crippen molar-refractivity contribution in [3.05, 3.63) is 82.2 Å². The van der Waals surface area contributed by atoms with Crippen LogP contribution in [0.15, 0.2) is 69.7 Å². The van der Waals surface area contributed by atoms with Crippen LogP contribution in [0.2, 0.25) is 5.02 Å². The number of hydrogen-bond acceptors (Lipinski definition) is 5. The van der Waals surface area contributed by atoms with Crippen LogP contribution in [0.5, 0.6) is 5.75 Å². The number of carbonyl (C=O) groups excluding carboxylic acids is 1. The Labute approximate surface area is 186 Å². The molecule has 1 aromatic heterocycles. The highest BCUT2D eigenvalue weighted by molar-refractivity contribution is 6.31. The Morgan fingerprint density at radius 1 is 1.06 bits per heavy atom. The standard InChI is InChI=1S/C25H22ClNO4/c1-3-4-13-29-19-9-7-17(8-10-19)24-27-22(25(28)31-24)15-20-11-12-23(30-20)18-6-5-16(2)21(26)14-18/h5-12,14-15H,3-4,13H2,1-2H3/b22-15+. The Hall–Kier alpha value is -3.31. The van der Waals surface area contributed by atoms with Gasteiger partial charge in [-0.3, -0.25) is 0 Å². The molecule has 3 aromatic rings. The van der Waals surface area contributed by atoms with E-state index in [2.05, 4.69) is 11.9 Å². The van der Waals surface area contributed by atoms with Crippen LogP contribution < -0.4 is 4.74 Å². The van der Waals surface area contributed by atoms with Crippen LogP contribution in [0.1, 0.15) is 36.7 Å². The number of unbranched alkanes of at least 4 members (excludes halogenated alkanes) is 1. The highest BCUT2D eigenvalue weighted by atomic mass is 35.5. The van der Waals surface area contributed by atoms with E-state index < -0.39 is 5.97 Å². The number of nitrogens with zero attached hydrogens (tertiary/aromatic N) is 1. The average Bonchev–Trinajstić information content (AvgIpc) is 3.38. The van der Waals surface area contributed by atoms with E-state index in [1.807, 2.05) is 55.5 Å². The molecule has 0 amide bonds. The molecule has 1 aliphatic rings. The number of aryl methyl sites for hydroxylation is 1. The van der Waals surface area contributed by atoms with E-state index in [9.17, 15) is 4.79 Å². The van der Waals surface area contributed by atoms with E-state index >= 15 is 0 Å². The summed E-state index contributed by atoms with van der Waals surface area (Å²) in [6.07, 6.45) is 3.65. The fourth-order valence-electron chi connectivity index (χ4n) is 3.03. The van der Waals surface area contributed by atoms with Crippen molar-refractivity contribution in [1.29, 1.82) is 0 Å². The van der Waals surface area contributed by atoms with Crippen molar-refractivity contribution in [2.24, 2.45) is 4.99 Å². The molecule has 0 radical (unpaired) electrons. The Bertz CT molecular complexity index is 1160. The van der Waals surface area contributed by atoms with Gasteiger partial charge in [0.15, 0.2) is 5.70 Å². The summed E-state index contributed by atoms with van der Waals surface area (Å²) in [5.74, 6) is 1.67. The molecule has 0 atom stereocenters. The molecule has 158 valence electrons. The van der Waals surface area contributed by atoms with Gasteiger partial charge >= 0.3 is 5.97 Å². The van der Waals surface area contributed by atoms with Gasteiger partial charge in [0.05, 0.1) is 6.61 Å². The Kier molecular flexibility index (Phi) is 6.23. The van der Waals surface area contributed by atoms with E-state index in [-0.39, 0.29) is 11.6 Å². The van der Waals surface area contributed by atoms with E-state index in [0.717, 1.165) is 29.7 Å². The molecule has 31 heavy (non-hydrogen) atoms. The number of rotatable bonds is 7. The second-order valence-electron chi connectivity index (χ2n) is 7.23. The third kappa shape index (κ3) is 4.89. The van der Waals surface area contributed by atoms with Crippen LogP contribution in [-0.4, -0.2) is 18.5 Å². The lowest BCUT2D eigenvalue weighted by molar-refractivity contribution is -0.129. The summed E-state index contributed by atoms with van der Waals surface area (Å²) in [4.78, 5) is 16.6. The molecule has 0 unspecified atom stereocenters. The number of halogens is 1. The SMILES string of the molecule is CCCCOc1ccc(C2=N/C(=C/c3ccc(-c4ccc(C)c(Cl)c4)o3)C(=O)O2)cc1. The minimum Gasteiger partial charge on any atom is -0.494 e. The topological polar surface area (TPSA) is 61.0 Å². The number of esters is 1. The van der Waals surface area contributed by atoms with E-state index in [0.29, 0.717) is 28.7 Å². The molecule has 0 bridgehead atoms. The second-order valence-corrected chi connectivity index (χ2v) is 7.64. The summed E-state index contributed by atoms with van der Waals surface area (Å²) in [6.45, 7) is 4.74. The third-order valence-corrected chi connectivity index (χ3v) is 5.26. The highest BCUT2D eigenvalue weighted by Crippen LogP contribution is 2.28. The number of ether oxygens (including phenoxy) is 2. The minimum absolute atomic E-state index is 0.182. The maximum Gasteiger partial charge on any atom is 0.363 e. The summed E-state index contributed by atoms with van der Waals surface area (Å²) >= 11 is 6.20. The monoisotopic (exact) mass is 435 g/mol. The smallest absolute Gasteiger partial charge is 0.363 e. The van der Waals surface area contributed by atoms with Gasteiger partial charge in [0, 0.05) is 22.2 Å². The molecule has 4 rings (SSSR count). The predicted octanol–water partition coefficient (Wildman–Crippen LogP) is 6.43. The number of cyclic esters (lactones) is 1. The molecule has 6 heteroatoms. The summed E-state index contributed by atoms with van der Waals surface area (Å²) in [5.41, 5.74) is 2.74. The molecular weight excluding hydrogens is 414 g/mol. The molecule has 0 spiro atoms. The fraction of sp³-hybridized carbons (Fsp3) is 0.200. The van der Waals surface area contributed by atoms with Crippen molar-refractivity contribution < 1.29 is 18.7 Å². The first-order chi connectivity index (χ1) is 15.0. The van der Waals surface area contributed by atoms with Gasteiger partial charge in [0.25, 0.3) is 0 Å². The predicted molar refractivity (Wildman–Crippen MR) is 121 cm³/mol. The van der Waals surface area contributed by atoms with Crippen LogP contribution in [0.25, 0.3) is 17.4 Å². The Morgan fingerprint density at radius 2 is 1.84 bits per heavy atom. The van der Waals surface area contributed by atoms with Crippen molar-refractivity contribution in [3.8, 4) is 17.1 Å². The zero-order valence-corrected chi connectivity index (χ0v) is 18.1. The van der Waals surface area contributed by atoms with Gasteiger partial charge in [-0.2, -0.15) is 0 Å². The maximum absolute atomic E-state index is 12.3. The largest absolute Gasteiger partial charge is 0.494 e. The minimum atomic E-state index is -0.519. The van der Waals surface area contributed by atoms with Crippen molar-refractivity contribution in [2.45, 2.75) is 26.7 Å². The summed E-state index contributed by atoms with van der Waals surface area (Å²) < 4.78 is 16.8. The number of carbonyl (C=O) groups is 1. The normalized spacial score (nSPS) is 14.6. The average molecular weight is 436 g/mol. The molecule has 0 N–H and O–H groups in total. The quantitative estimate of drug-likeness (QED) is 0.243. The Morgan fingerprint density at radius 3 is 2.58 bits per heavy atom. The molecular formula is C25H22ClNO4. The lowest BCUT2D eigenvalue weighted by Gasteiger charge is -2.05. The Balaban J connectivity index is 1.50. The van der Waals surface area contributed by atoms with E-state index in [1.54, 1.807) is 12.1 Å². The van der Waals surface area contributed by atoms with Crippen molar-refractivity contribution in [3.63, 3.8) is 0 Å². The van der Waals surface area contributed by atoms with Gasteiger partial charge in [-0.1, -0.05) is 37.1 Å². The molecule has 0 saturated heterocycles. The molecule has 2 aromatic carbocycles. The van der Waals surface area contributed by atoms with E-state index in [4.69, 9.17) is 25.5 Å². The maximum atomic E-state index is 12.3. The van der Waals surface area contributed by atoms with Crippen molar-refractivity contribution in [1.82, 2.24) is 0 Å². The number of aliphatic imine (C=N–C) groups is 1. The first kappa shape index (κ1) is 20.9. The summed E-state index contributed by atoms with van der Waals surface area (Å²) in [6, 6.07) is 16.7. The fourth-order valence-corrected chi connectivity index (χ4v) is 3.21. The van der Waals surface area contributed by atoms with Crippen LogP contribution in [0.4, 0.5) is 0 Å². The van der Waals surface area contributed by atoms with Gasteiger partial charge in [0.2, 0.25) is 5.90 Å². The molecule has 0 aliphatic carbocycles. The molecule has 0 saturated carbocycles. The zero-order valence-electron chi connectivity index (χ0n) is 17.4. The van der Waals surface area contributed by atoms with Crippen LogP contribution in [-0.2, 0) is 9.53 Å². The second kappa shape index (κ2) is 9.23. The van der Waals surface area contributed by atoms with Gasteiger partial charge in [0.1, 0.15) is 17.3 Å². The van der Waals surface area contributed by atoms with Gasteiger partial charge < -0.3 is 13.9 Å². The van der Waals surface area contributed by atoms with Crippen LogP contribution >= 0.6 is 11.6 Å². The van der Waals surface area contributed by atoms with Crippen molar-refractivity contribution in [2.75, 3.05) is 6.61 Å². The number of benzene rings is 2. The van der Waals surface area contributed by atoms with Gasteiger partial charge in [-0.15, -0.1) is 0 Å². The van der Waals surface area contributed by atoms with Crippen LogP contribution in [0.3, 0.4) is 0 Å². The zero-order chi connectivity index (χ0) is 21.8. The van der Waals surface area contributed by atoms with E-state index in [1.165, 1.54) is 0 Å². The molecule has 5 nitrogen and oxygen atoms in total. The van der Waals surface area contributed by atoms with Gasteiger partial charge in [-0.05, 0) is 61.4 Å². The van der Waals surface area contributed by atoms with Gasteiger partial charge in [-0.25, -0.2) is 9.79 Å². The van der Waals surface area contributed by atoms with Crippen molar-refractivity contribution >= 4 is 29.5 Å². The highest BCUT2D eigenvalue weighted by Gasteiger charge is 2.24. The number of hydrogen-bond donors (Lipinski definition) is 0. The lowest BCUT2D eigenvalue weighted by atomic mass is 10.1. The first-order valence-electron chi connectivity index (χ1n) is 10.2. The molecule has 0 fully saturated rings. The third-order valence-electron chi connectivity index (χ3n) is 4.85. The summed E-state index contributed by atoms with van der Waals surface area (Å²) in [7, 11) is 0. The molecule has 1 aliphatic heterocycles.